The lowest BCUT2D eigenvalue weighted by atomic mass is 10.2. The van der Waals surface area contributed by atoms with Crippen LogP contribution in [-0.4, -0.2) is 40.0 Å². The zero-order valence-corrected chi connectivity index (χ0v) is 16.6. The Morgan fingerprint density at radius 1 is 1.03 bits per heavy atom. The highest BCUT2D eigenvalue weighted by Gasteiger charge is 2.17. The predicted octanol–water partition coefficient (Wildman–Crippen LogP) is 3.11. The van der Waals surface area contributed by atoms with E-state index in [0.717, 1.165) is 0 Å². The number of halogens is 2. The van der Waals surface area contributed by atoms with Crippen LogP contribution in [0.4, 0.5) is 5.69 Å². The average Bonchev–Trinajstić information content (AvgIpc) is 3.23. The van der Waals surface area contributed by atoms with Gasteiger partial charge in [0.15, 0.2) is 0 Å². The highest BCUT2D eigenvalue weighted by Crippen LogP contribution is 2.23. The first-order valence-corrected chi connectivity index (χ1v) is 9.20. The van der Waals surface area contributed by atoms with Crippen molar-refractivity contribution in [1.29, 1.82) is 0 Å². The highest BCUT2D eigenvalue weighted by molar-refractivity contribution is 6.42. The molecule has 0 bridgehead atoms. The van der Waals surface area contributed by atoms with E-state index in [1.807, 2.05) is 0 Å². The number of aromatic nitrogens is 2. The first kappa shape index (κ1) is 21.2. The second kappa shape index (κ2) is 9.33. The molecule has 0 aliphatic rings. The van der Waals surface area contributed by atoms with Crippen LogP contribution < -0.4 is 10.6 Å². The third kappa shape index (κ3) is 5.10. The van der Waals surface area contributed by atoms with Crippen LogP contribution in [0.5, 0.6) is 0 Å². The van der Waals surface area contributed by atoms with E-state index in [9.17, 15) is 19.7 Å². The number of nitro groups is 1. The Morgan fingerprint density at radius 2 is 1.77 bits per heavy atom. The molecule has 10 nitrogen and oxygen atoms in total. The fourth-order valence-corrected chi connectivity index (χ4v) is 2.66. The topological polar surface area (TPSA) is 140 Å². The quantitative estimate of drug-likeness (QED) is 0.320. The van der Waals surface area contributed by atoms with Gasteiger partial charge in [-0.05, 0) is 18.2 Å². The number of nitrogens with one attached hydrogen (secondary N) is 2. The summed E-state index contributed by atoms with van der Waals surface area (Å²) in [7, 11) is 0. The smallest absolute Gasteiger partial charge is 0.316 e. The molecule has 1 aromatic heterocycles. The van der Waals surface area contributed by atoms with Crippen molar-refractivity contribution >= 4 is 40.7 Å². The van der Waals surface area contributed by atoms with Crippen molar-refractivity contribution < 1.29 is 19.0 Å². The number of nitrogens with zero attached hydrogens (tertiary/aromatic N) is 3. The van der Waals surface area contributed by atoms with Gasteiger partial charge in [-0.15, -0.1) is 0 Å². The summed E-state index contributed by atoms with van der Waals surface area (Å²) < 4.78 is 4.90. The molecule has 154 valence electrons. The number of hydrogen-bond donors (Lipinski definition) is 2. The Labute approximate surface area is 179 Å². The third-order valence-electron chi connectivity index (χ3n) is 3.81. The summed E-state index contributed by atoms with van der Waals surface area (Å²) in [6.07, 6.45) is 0. The Hall–Kier alpha value is -3.50. The van der Waals surface area contributed by atoms with Gasteiger partial charge < -0.3 is 15.2 Å². The molecule has 0 fully saturated rings. The minimum Gasteiger partial charge on any atom is -0.350 e. The molecule has 1 heterocycles. The fraction of sp³-hybridized carbons (Fsp3) is 0.111. The lowest BCUT2D eigenvalue weighted by Crippen LogP contribution is -2.34. The summed E-state index contributed by atoms with van der Waals surface area (Å²) in [6.45, 7) is 0.233. The molecular weight excluding hydrogens is 437 g/mol. The van der Waals surface area contributed by atoms with E-state index in [0.29, 0.717) is 16.1 Å². The van der Waals surface area contributed by atoms with Crippen molar-refractivity contribution in [2.45, 2.75) is 0 Å². The van der Waals surface area contributed by atoms with E-state index >= 15 is 0 Å². The molecule has 2 N–H and O–H groups in total. The Morgan fingerprint density at radius 3 is 2.47 bits per heavy atom. The first-order valence-electron chi connectivity index (χ1n) is 8.45. The maximum Gasteiger partial charge on any atom is 0.316 e. The zero-order chi connectivity index (χ0) is 21.7. The van der Waals surface area contributed by atoms with Gasteiger partial charge in [-0.25, -0.2) is 0 Å². The maximum absolute atomic E-state index is 12.1. The van der Waals surface area contributed by atoms with Gasteiger partial charge in [0, 0.05) is 36.3 Å². The Balaban J connectivity index is 1.52. The second-order valence-electron chi connectivity index (χ2n) is 5.87. The van der Waals surface area contributed by atoms with E-state index in [4.69, 9.17) is 27.7 Å². The van der Waals surface area contributed by atoms with Crippen LogP contribution >= 0.6 is 23.2 Å². The van der Waals surface area contributed by atoms with Gasteiger partial charge in [-0.3, -0.25) is 19.7 Å². The van der Waals surface area contributed by atoms with Crippen molar-refractivity contribution in [2.75, 3.05) is 13.1 Å². The molecule has 0 saturated carbocycles. The summed E-state index contributed by atoms with van der Waals surface area (Å²) >= 11 is 11.7. The molecule has 0 saturated heterocycles. The van der Waals surface area contributed by atoms with E-state index in [2.05, 4.69) is 20.8 Å². The van der Waals surface area contributed by atoms with Gasteiger partial charge >= 0.3 is 11.8 Å². The molecule has 3 aromatic rings. The van der Waals surface area contributed by atoms with Crippen molar-refractivity contribution in [3.63, 3.8) is 0 Å². The van der Waals surface area contributed by atoms with E-state index < -0.39 is 10.8 Å². The number of benzene rings is 2. The average molecular weight is 450 g/mol. The second-order valence-corrected chi connectivity index (χ2v) is 6.69. The van der Waals surface area contributed by atoms with E-state index in [1.54, 1.807) is 6.07 Å². The highest BCUT2D eigenvalue weighted by atomic mass is 35.5. The van der Waals surface area contributed by atoms with Gasteiger partial charge in [-0.1, -0.05) is 40.5 Å². The summed E-state index contributed by atoms with van der Waals surface area (Å²) in [5, 5.41) is 20.2. The SMILES string of the molecule is O=C(NCCNC(=O)c1nc(-c2cccc([N+](=O)[O-])c2)no1)c1ccc(Cl)c(Cl)c1. The fourth-order valence-electron chi connectivity index (χ4n) is 2.36. The van der Waals surface area contributed by atoms with Crippen LogP contribution in [0.15, 0.2) is 47.0 Å². The number of hydrogen-bond acceptors (Lipinski definition) is 7. The van der Waals surface area contributed by atoms with Gasteiger partial charge in [0.2, 0.25) is 5.82 Å². The van der Waals surface area contributed by atoms with E-state index in [-0.39, 0.29) is 41.4 Å². The summed E-state index contributed by atoms with van der Waals surface area (Å²) in [4.78, 5) is 38.4. The van der Waals surface area contributed by atoms with Crippen LogP contribution in [0.3, 0.4) is 0 Å². The van der Waals surface area contributed by atoms with E-state index in [1.165, 1.54) is 36.4 Å². The van der Waals surface area contributed by atoms with Gasteiger partial charge in [-0.2, -0.15) is 4.98 Å². The van der Waals surface area contributed by atoms with Crippen LogP contribution in [0, 0.1) is 10.1 Å². The number of rotatable bonds is 7. The van der Waals surface area contributed by atoms with Gasteiger partial charge in [0.1, 0.15) is 0 Å². The Bertz CT molecular complexity index is 1120. The van der Waals surface area contributed by atoms with Crippen molar-refractivity contribution in [3.05, 3.63) is 74.1 Å². The molecule has 2 aromatic carbocycles. The van der Waals surface area contributed by atoms with Gasteiger partial charge in [0.05, 0.1) is 15.0 Å². The number of carbonyl (C=O) groups excluding carboxylic acids is 2. The molecule has 12 heteroatoms. The molecule has 0 atom stereocenters. The minimum absolute atomic E-state index is 0.0387. The molecule has 0 unspecified atom stereocenters. The summed E-state index contributed by atoms with van der Waals surface area (Å²) in [5.74, 6) is -1.30. The number of non-ortho nitro benzene ring substituents is 1. The summed E-state index contributed by atoms with van der Waals surface area (Å²) in [6, 6.07) is 10.1. The van der Waals surface area contributed by atoms with Crippen LogP contribution in [0.25, 0.3) is 11.4 Å². The maximum atomic E-state index is 12.1. The number of amides is 2. The molecule has 0 radical (unpaired) electrons. The van der Waals surface area contributed by atoms with Crippen LogP contribution in [0.2, 0.25) is 10.0 Å². The van der Waals surface area contributed by atoms with Gasteiger partial charge in [0.25, 0.3) is 11.6 Å². The first-order chi connectivity index (χ1) is 14.3. The minimum atomic E-state index is -0.650. The lowest BCUT2D eigenvalue weighted by Gasteiger charge is -2.06. The monoisotopic (exact) mass is 449 g/mol. The molecule has 2 amide bonds. The lowest BCUT2D eigenvalue weighted by molar-refractivity contribution is -0.384. The molecular formula is C18H13Cl2N5O5. The van der Waals surface area contributed by atoms with Crippen LogP contribution in [-0.2, 0) is 0 Å². The molecule has 0 aliphatic carbocycles. The standard InChI is InChI=1S/C18H13Cl2N5O5/c19-13-5-4-11(9-14(13)20)16(26)21-6-7-22-17(27)18-23-15(24-30-18)10-2-1-3-12(8-10)25(28)29/h1-5,8-9H,6-7H2,(H,21,26)(H,22,27). The van der Waals surface area contributed by atoms with Crippen LogP contribution in [0.1, 0.15) is 21.0 Å². The zero-order valence-electron chi connectivity index (χ0n) is 15.1. The molecule has 30 heavy (non-hydrogen) atoms. The van der Waals surface area contributed by atoms with Crippen molar-refractivity contribution in [3.8, 4) is 11.4 Å². The number of carbonyl (C=O) groups is 2. The predicted molar refractivity (Wildman–Crippen MR) is 108 cm³/mol. The molecule has 3 rings (SSSR count). The Kier molecular flexibility index (Phi) is 6.60. The van der Waals surface area contributed by atoms with Crippen molar-refractivity contribution in [2.24, 2.45) is 0 Å². The normalized spacial score (nSPS) is 10.5. The molecule has 0 aliphatic heterocycles. The number of nitro benzene ring substituents is 1. The summed E-state index contributed by atoms with van der Waals surface area (Å²) in [5.41, 5.74) is 0.524. The largest absolute Gasteiger partial charge is 0.350 e. The van der Waals surface area contributed by atoms with Crippen molar-refractivity contribution in [1.82, 2.24) is 20.8 Å². The molecule has 0 spiro atoms. The third-order valence-corrected chi connectivity index (χ3v) is 4.55.